The Labute approximate surface area is 140 Å². The molecule has 0 unspecified atom stereocenters. The van der Waals surface area contributed by atoms with Crippen molar-refractivity contribution in [3.05, 3.63) is 72.3 Å². The summed E-state index contributed by atoms with van der Waals surface area (Å²) >= 11 is 0. The number of ketones is 1. The maximum Gasteiger partial charge on any atom is 0.220 e. The Bertz CT molecular complexity index is 840. The smallest absolute Gasteiger partial charge is 0.220 e. The highest BCUT2D eigenvalue weighted by Gasteiger charge is 2.08. The van der Waals surface area contributed by atoms with Gasteiger partial charge in [0.2, 0.25) is 5.91 Å². The van der Waals surface area contributed by atoms with Crippen molar-refractivity contribution in [2.45, 2.75) is 25.8 Å². The third-order valence-corrected chi connectivity index (χ3v) is 3.86. The van der Waals surface area contributed by atoms with Crippen LogP contribution in [0.4, 0.5) is 0 Å². The Morgan fingerprint density at radius 1 is 1.00 bits per heavy atom. The van der Waals surface area contributed by atoms with Crippen LogP contribution in [0.3, 0.4) is 0 Å². The van der Waals surface area contributed by atoms with E-state index in [0.717, 1.165) is 11.3 Å². The predicted octanol–water partition coefficient (Wildman–Crippen LogP) is 3.00. The van der Waals surface area contributed by atoms with E-state index >= 15 is 0 Å². The van der Waals surface area contributed by atoms with Crippen LogP contribution in [0.1, 0.15) is 35.4 Å². The van der Waals surface area contributed by atoms with Crippen LogP contribution in [0, 0.1) is 0 Å². The van der Waals surface area contributed by atoms with Crippen molar-refractivity contribution in [1.29, 1.82) is 0 Å². The second-order valence-electron chi connectivity index (χ2n) is 5.59. The van der Waals surface area contributed by atoms with E-state index in [9.17, 15) is 9.59 Å². The molecule has 1 aromatic carbocycles. The molecule has 0 saturated heterocycles. The fourth-order valence-corrected chi connectivity index (χ4v) is 2.57. The first-order chi connectivity index (χ1) is 11.7. The molecule has 0 radical (unpaired) electrons. The first-order valence-corrected chi connectivity index (χ1v) is 8.00. The average Bonchev–Trinajstić information content (AvgIpc) is 3.04. The van der Waals surface area contributed by atoms with Crippen LogP contribution in [0.15, 0.2) is 60.9 Å². The fourth-order valence-electron chi connectivity index (χ4n) is 2.57. The number of fused-ring (bicyclic) bond motifs is 1. The lowest BCUT2D eigenvalue weighted by Crippen LogP contribution is -2.23. The zero-order chi connectivity index (χ0) is 16.8. The number of carbonyl (C=O) groups is 2. The van der Waals surface area contributed by atoms with Crippen molar-refractivity contribution in [2.75, 3.05) is 0 Å². The van der Waals surface area contributed by atoms with Gasteiger partial charge in [0, 0.05) is 24.6 Å². The largest absolute Gasteiger partial charge is 0.349 e. The predicted molar refractivity (Wildman–Crippen MR) is 91.7 cm³/mol. The van der Waals surface area contributed by atoms with Gasteiger partial charge in [0.05, 0.1) is 18.3 Å². The van der Waals surface area contributed by atoms with Crippen molar-refractivity contribution < 1.29 is 9.59 Å². The summed E-state index contributed by atoms with van der Waals surface area (Å²) in [4.78, 5) is 28.2. The molecule has 0 aliphatic heterocycles. The van der Waals surface area contributed by atoms with Crippen LogP contribution in [-0.2, 0) is 11.3 Å². The zero-order valence-corrected chi connectivity index (χ0v) is 13.3. The van der Waals surface area contributed by atoms with Gasteiger partial charge in [-0.3, -0.25) is 9.59 Å². The molecule has 3 rings (SSSR count). The van der Waals surface area contributed by atoms with Crippen LogP contribution >= 0.6 is 0 Å². The number of Topliss-reactive ketones (excluding diaryl/α,β-unsaturated/α-hetero) is 1. The fraction of sp³-hybridized carbons (Fsp3) is 0.211. The van der Waals surface area contributed by atoms with Crippen molar-refractivity contribution in [2.24, 2.45) is 0 Å². The van der Waals surface area contributed by atoms with Crippen molar-refractivity contribution in [3.63, 3.8) is 0 Å². The second-order valence-corrected chi connectivity index (χ2v) is 5.59. The number of hydrogen-bond donors (Lipinski definition) is 1. The Kier molecular flexibility index (Phi) is 5.01. The number of nitrogens with zero attached hydrogens (tertiary/aromatic N) is 2. The van der Waals surface area contributed by atoms with Crippen molar-refractivity contribution in [3.8, 4) is 0 Å². The Hall–Kier alpha value is -2.95. The lowest BCUT2D eigenvalue weighted by molar-refractivity contribution is -0.121. The molecule has 1 amide bonds. The highest BCUT2D eigenvalue weighted by Crippen LogP contribution is 2.08. The lowest BCUT2D eigenvalue weighted by atomic mass is 10.1. The van der Waals surface area contributed by atoms with Crippen LogP contribution < -0.4 is 5.32 Å². The van der Waals surface area contributed by atoms with E-state index in [1.807, 2.05) is 47.0 Å². The SMILES string of the molecule is O=C(CCCC(=O)c1ccccc1)NCc1ncc2ccccn12. The zero-order valence-electron chi connectivity index (χ0n) is 13.3. The van der Waals surface area contributed by atoms with Crippen LogP contribution in [-0.4, -0.2) is 21.1 Å². The molecule has 2 heterocycles. The summed E-state index contributed by atoms with van der Waals surface area (Å²) in [5.74, 6) is 0.797. The standard InChI is InChI=1S/C19H19N3O2/c23-17(15-7-2-1-3-8-15)10-6-11-19(24)21-14-18-20-13-16-9-4-5-12-22(16)18/h1-5,7-9,12-13H,6,10-11,14H2,(H,21,24). The average molecular weight is 321 g/mol. The third kappa shape index (κ3) is 3.87. The van der Waals surface area contributed by atoms with Gasteiger partial charge < -0.3 is 9.72 Å². The van der Waals surface area contributed by atoms with Crippen LogP contribution in [0.5, 0.6) is 0 Å². The first kappa shape index (κ1) is 15.9. The number of imidazole rings is 1. The number of hydrogen-bond acceptors (Lipinski definition) is 3. The molecule has 0 fully saturated rings. The van der Waals surface area contributed by atoms with E-state index < -0.39 is 0 Å². The third-order valence-electron chi connectivity index (χ3n) is 3.86. The number of benzene rings is 1. The van der Waals surface area contributed by atoms with Gasteiger partial charge in [0.15, 0.2) is 5.78 Å². The van der Waals surface area contributed by atoms with E-state index in [0.29, 0.717) is 31.4 Å². The topological polar surface area (TPSA) is 63.5 Å². The van der Waals surface area contributed by atoms with Gasteiger partial charge in [-0.1, -0.05) is 36.4 Å². The lowest BCUT2D eigenvalue weighted by Gasteiger charge is -2.05. The molecule has 2 aromatic heterocycles. The van der Waals surface area contributed by atoms with Gasteiger partial charge in [-0.05, 0) is 18.6 Å². The molecule has 5 heteroatoms. The Morgan fingerprint density at radius 3 is 2.62 bits per heavy atom. The van der Waals surface area contributed by atoms with E-state index in [-0.39, 0.29) is 11.7 Å². The molecule has 24 heavy (non-hydrogen) atoms. The molecular weight excluding hydrogens is 302 g/mol. The van der Waals surface area contributed by atoms with Crippen molar-refractivity contribution in [1.82, 2.24) is 14.7 Å². The number of rotatable bonds is 7. The summed E-state index contributed by atoms with van der Waals surface area (Å²) in [6.07, 6.45) is 4.95. The van der Waals surface area contributed by atoms with Crippen LogP contribution in [0.25, 0.3) is 5.52 Å². The van der Waals surface area contributed by atoms with E-state index in [1.54, 1.807) is 18.3 Å². The van der Waals surface area contributed by atoms with Gasteiger partial charge in [0.25, 0.3) is 0 Å². The molecule has 122 valence electrons. The number of carbonyl (C=O) groups excluding carboxylic acids is 2. The van der Waals surface area contributed by atoms with E-state index in [1.165, 1.54) is 0 Å². The Morgan fingerprint density at radius 2 is 1.79 bits per heavy atom. The minimum absolute atomic E-state index is 0.0662. The van der Waals surface area contributed by atoms with Gasteiger partial charge in [0.1, 0.15) is 5.82 Å². The van der Waals surface area contributed by atoms with Crippen molar-refractivity contribution >= 4 is 17.2 Å². The summed E-state index contributed by atoms with van der Waals surface area (Å²) in [5, 5.41) is 2.86. The van der Waals surface area contributed by atoms with Gasteiger partial charge in [-0.25, -0.2) is 4.98 Å². The highest BCUT2D eigenvalue weighted by atomic mass is 16.1. The Balaban J connectivity index is 1.44. The molecule has 0 aliphatic carbocycles. The van der Waals surface area contributed by atoms with Gasteiger partial charge in [-0.15, -0.1) is 0 Å². The molecule has 5 nitrogen and oxygen atoms in total. The first-order valence-electron chi connectivity index (χ1n) is 8.00. The summed E-state index contributed by atoms with van der Waals surface area (Å²) in [6, 6.07) is 15.0. The van der Waals surface area contributed by atoms with Crippen LogP contribution in [0.2, 0.25) is 0 Å². The summed E-state index contributed by atoms with van der Waals surface area (Å²) in [5.41, 5.74) is 1.69. The molecule has 0 saturated carbocycles. The quantitative estimate of drug-likeness (QED) is 0.680. The van der Waals surface area contributed by atoms with E-state index in [2.05, 4.69) is 10.3 Å². The normalized spacial score (nSPS) is 10.7. The maximum atomic E-state index is 12.0. The molecule has 1 N–H and O–H groups in total. The number of nitrogens with one attached hydrogen (secondary N) is 1. The minimum Gasteiger partial charge on any atom is -0.349 e. The highest BCUT2D eigenvalue weighted by molar-refractivity contribution is 5.96. The molecule has 3 aromatic rings. The maximum absolute atomic E-state index is 12.0. The molecule has 0 bridgehead atoms. The van der Waals surface area contributed by atoms with Gasteiger partial charge >= 0.3 is 0 Å². The summed E-state index contributed by atoms with van der Waals surface area (Å²) < 4.78 is 1.94. The van der Waals surface area contributed by atoms with Gasteiger partial charge in [-0.2, -0.15) is 0 Å². The molecule has 0 aliphatic rings. The summed E-state index contributed by atoms with van der Waals surface area (Å²) in [6.45, 7) is 0.379. The number of pyridine rings is 1. The monoisotopic (exact) mass is 321 g/mol. The number of aromatic nitrogens is 2. The summed E-state index contributed by atoms with van der Waals surface area (Å²) in [7, 11) is 0. The van der Waals surface area contributed by atoms with E-state index in [4.69, 9.17) is 0 Å². The molecule has 0 spiro atoms. The number of amides is 1. The second kappa shape index (κ2) is 7.55. The molecular formula is C19H19N3O2. The minimum atomic E-state index is -0.0662. The molecule has 0 atom stereocenters.